The summed E-state index contributed by atoms with van der Waals surface area (Å²) in [5, 5.41) is 0.494. The average Bonchev–Trinajstić information content (AvgIpc) is 2.73. The molecular formula is C23H21ClO4. The number of hydrogen-bond donors (Lipinski definition) is 0. The zero-order valence-corrected chi connectivity index (χ0v) is 16.3. The first kappa shape index (κ1) is 19.8. The average molecular weight is 397 g/mol. The van der Waals surface area contributed by atoms with E-state index in [0.717, 1.165) is 17.4 Å². The molecule has 0 radical (unpaired) electrons. The Kier molecular flexibility index (Phi) is 6.93. The SMILES string of the molecule is CCOc1cc(COc2ccc(Cl)cc2C=O)ccc1OCc1ccccc1. The summed E-state index contributed by atoms with van der Waals surface area (Å²) in [6.45, 7) is 3.21. The normalized spacial score (nSPS) is 10.4. The lowest BCUT2D eigenvalue weighted by Crippen LogP contribution is -2.02. The van der Waals surface area contributed by atoms with Crippen LogP contribution in [0.15, 0.2) is 66.7 Å². The van der Waals surface area contributed by atoms with E-state index in [1.807, 2.05) is 55.5 Å². The topological polar surface area (TPSA) is 44.8 Å². The predicted octanol–water partition coefficient (Wildman–Crippen LogP) is 5.71. The number of carbonyl (C=O) groups is 1. The summed E-state index contributed by atoms with van der Waals surface area (Å²) in [7, 11) is 0. The summed E-state index contributed by atoms with van der Waals surface area (Å²) in [5.74, 6) is 1.82. The van der Waals surface area contributed by atoms with E-state index in [9.17, 15) is 4.79 Å². The Morgan fingerprint density at radius 2 is 1.50 bits per heavy atom. The van der Waals surface area contributed by atoms with Gasteiger partial charge in [-0.05, 0) is 48.4 Å². The quantitative estimate of drug-likeness (QED) is 0.434. The number of halogens is 1. The fraction of sp³-hybridized carbons (Fsp3) is 0.174. The van der Waals surface area contributed by atoms with E-state index in [2.05, 4.69) is 0 Å². The third-order valence-corrected chi connectivity index (χ3v) is 4.27. The lowest BCUT2D eigenvalue weighted by molar-refractivity contribution is 0.111. The molecule has 5 heteroatoms. The van der Waals surface area contributed by atoms with Crippen LogP contribution in [-0.4, -0.2) is 12.9 Å². The van der Waals surface area contributed by atoms with Gasteiger partial charge in [0.1, 0.15) is 19.0 Å². The van der Waals surface area contributed by atoms with Crippen LogP contribution in [-0.2, 0) is 13.2 Å². The van der Waals surface area contributed by atoms with Crippen molar-refractivity contribution in [3.8, 4) is 17.2 Å². The van der Waals surface area contributed by atoms with Crippen LogP contribution in [0.5, 0.6) is 17.2 Å². The first-order chi connectivity index (χ1) is 13.7. The highest BCUT2D eigenvalue weighted by Crippen LogP contribution is 2.30. The fourth-order valence-electron chi connectivity index (χ4n) is 2.67. The van der Waals surface area contributed by atoms with E-state index in [1.165, 1.54) is 0 Å². The number of benzene rings is 3. The predicted molar refractivity (Wildman–Crippen MR) is 110 cm³/mol. The van der Waals surface area contributed by atoms with E-state index < -0.39 is 0 Å². The molecule has 0 aliphatic carbocycles. The second-order valence-electron chi connectivity index (χ2n) is 6.08. The third kappa shape index (κ3) is 5.27. The maximum absolute atomic E-state index is 11.2. The lowest BCUT2D eigenvalue weighted by atomic mass is 10.2. The van der Waals surface area contributed by atoms with Gasteiger partial charge in [0.05, 0.1) is 12.2 Å². The Balaban J connectivity index is 1.70. The van der Waals surface area contributed by atoms with E-state index in [1.54, 1.807) is 18.2 Å². The molecule has 3 aromatic rings. The Morgan fingerprint density at radius 3 is 2.25 bits per heavy atom. The van der Waals surface area contributed by atoms with Crippen LogP contribution in [0.1, 0.15) is 28.4 Å². The molecule has 0 fully saturated rings. The van der Waals surface area contributed by atoms with Crippen LogP contribution in [0.2, 0.25) is 5.02 Å². The highest BCUT2D eigenvalue weighted by molar-refractivity contribution is 6.30. The summed E-state index contributed by atoms with van der Waals surface area (Å²) < 4.78 is 17.4. The summed E-state index contributed by atoms with van der Waals surface area (Å²) in [6.07, 6.45) is 0.730. The van der Waals surface area contributed by atoms with Crippen LogP contribution in [0.3, 0.4) is 0 Å². The molecule has 3 aromatic carbocycles. The van der Waals surface area contributed by atoms with E-state index in [0.29, 0.717) is 47.7 Å². The molecular weight excluding hydrogens is 376 g/mol. The second kappa shape index (κ2) is 9.81. The molecule has 0 heterocycles. The molecule has 0 aliphatic rings. The molecule has 3 rings (SSSR count). The zero-order chi connectivity index (χ0) is 19.8. The minimum atomic E-state index is 0.293. The molecule has 144 valence electrons. The molecule has 4 nitrogen and oxygen atoms in total. The van der Waals surface area contributed by atoms with Crippen LogP contribution >= 0.6 is 11.6 Å². The minimum Gasteiger partial charge on any atom is -0.490 e. The van der Waals surface area contributed by atoms with Crippen molar-refractivity contribution in [2.45, 2.75) is 20.1 Å². The number of rotatable bonds is 9. The molecule has 0 bridgehead atoms. The highest BCUT2D eigenvalue weighted by Gasteiger charge is 2.09. The van der Waals surface area contributed by atoms with Gasteiger partial charge in [-0.2, -0.15) is 0 Å². The van der Waals surface area contributed by atoms with Crippen molar-refractivity contribution >= 4 is 17.9 Å². The first-order valence-corrected chi connectivity index (χ1v) is 9.37. The van der Waals surface area contributed by atoms with Crippen LogP contribution in [0.25, 0.3) is 0 Å². The minimum absolute atomic E-state index is 0.293. The standard InChI is InChI=1S/C23H21ClO4/c1-2-26-23-12-18(16-27-21-11-9-20(24)13-19(21)14-25)8-10-22(23)28-15-17-6-4-3-5-7-17/h3-14H,2,15-16H2,1H3. The van der Waals surface area contributed by atoms with Gasteiger partial charge < -0.3 is 14.2 Å². The Labute approximate surface area is 169 Å². The van der Waals surface area contributed by atoms with Crippen molar-refractivity contribution in [3.63, 3.8) is 0 Å². The van der Waals surface area contributed by atoms with Crippen LogP contribution in [0, 0.1) is 0 Å². The maximum atomic E-state index is 11.2. The number of carbonyl (C=O) groups excluding carboxylic acids is 1. The number of hydrogen-bond acceptors (Lipinski definition) is 4. The lowest BCUT2D eigenvalue weighted by Gasteiger charge is -2.14. The highest BCUT2D eigenvalue weighted by atomic mass is 35.5. The number of aldehydes is 1. The molecule has 0 spiro atoms. The van der Waals surface area contributed by atoms with Gasteiger partial charge in [0, 0.05) is 5.02 Å². The Bertz CT molecular complexity index is 925. The molecule has 0 saturated carbocycles. The maximum Gasteiger partial charge on any atom is 0.161 e. The fourth-order valence-corrected chi connectivity index (χ4v) is 2.85. The molecule has 0 aliphatic heterocycles. The van der Waals surface area contributed by atoms with Crippen molar-refractivity contribution in [3.05, 3.63) is 88.4 Å². The molecule has 0 aromatic heterocycles. The summed E-state index contributed by atoms with van der Waals surface area (Å²) >= 11 is 5.91. The van der Waals surface area contributed by atoms with Crippen molar-refractivity contribution in [2.24, 2.45) is 0 Å². The van der Waals surface area contributed by atoms with Gasteiger partial charge in [0.2, 0.25) is 0 Å². The molecule has 28 heavy (non-hydrogen) atoms. The van der Waals surface area contributed by atoms with E-state index in [4.69, 9.17) is 25.8 Å². The van der Waals surface area contributed by atoms with Gasteiger partial charge in [-0.1, -0.05) is 48.0 Å². The van der Waals surface area contributed by atoms with Crippen LogP contribution in [0.4, 0.5) is 0 Å². The van der Waals surface area contributed by atoms with Crippen LogP contribution < -0.4 is 14.2 Å². The Morgan fingerprint density at radius 1 is 0.786 bits per heavy atom. The molecule has 0 unspecified atom stereocenters. The van der Waals surface area contributed by atoms with Crippen molar-refractivity contribution in [1.82, 2.24) is 0 Å². The van der Waals surface area contributed by atoms with Gasteiger partial charge in [-0.15, -0.1) is 0 Å². The van der Waals surface area contributed by atoms with Gasteiger partial charge in [-0.3, -0.25) is 4.79 Å². The molecule has 0 saturated heterocycles. The van der Waals surface area contributed by atoms with Gasteiger partial charge in [0.25, 0.3) is 0 Å². The smallest absolute Gasteiger partial charge is 0.161 e. The summed E-state index contributed by atoms with van der Waals surface area (Å²) in [4.78, 5) is 11.2. The van der Waals surface area contributed by atoms with E-state index in [-0.39, 0.29) is 0 Å². The summed E-state index contributed by atoms with van der Waals surface area (Å²) in [5.41, 5.74) is 2.41. The molecule has 0 atom stereocenters. The zero-order valence-electron chi connectivity index (χ0n) is 15.6. The Hall–Kier alpha value is -2.98. The van der Waals surface area contributed by atoms with E-state index >= 15 is 0 Å². The van der Waals surface area contributed by atoms with Crippen molar-refractivity contribution in [2.75, 3.05) is 6.61 Å². The summed E-state index contributed by atoms with van der Waals surface area (Å²) in [6, 6.07) is 20.6. The van der Waals surface area contributed by atoms with Crippen molar-refractivity contribution < 1.29 is 19.0 Å². The third-order valence-electron chi connectivity index (χ3n) is 4.04. The second-order valence-corrected chi connectivity index (χ2v) is 6.51. The van der Waals surface area contributed by atoms with Gasteiger partial charge >= 0.3 is 0 Å². The number of ether oxygens (including phenoxy) is 3. The first-order valence-electron chi connectivity index (χ1n) is 8.99. The van der Waals surface area contributed by atoms with Gasteiger partial charge in [-0.25, -0.2) is 0 Å². The van der Waals surface area contributed by atoms with Crippen molar-refractivity contribution in [1.29, 1.82) is 0 Å². The molecule has 0 N–H and O–H groups in total. The largest absolute Gasteiger partial charge is 0.490 e. The molecule has 0 amide bonds. The van der Waals surface area contributed by atoms with Gasteiger partial charge in [0.15, 0.2) is 17.8 Å². The monoisotopic (exact) mass is 396 g/mol.